The molecule has 0 amide bonds. The van der Waals surface area contributed by atoms with Gasteiger partial charge in [-0.2, -0.15) is 19.6 Å². The second-order valence-corrected chi connectivity index (χ2v) is 9.19. The molecule has 1 aliphatic heterocycles. The SMILES string of the molecule is CC(C)c1cnn2c(N(C)c3ccc(-c4ccccn4)cc3)nc(N3CCN(CCO)CC3)nc12. The lowest BCUT2D eigenvalue weighted by Crippen LogP contribution is -2.47. The molecule has 4 aromatic rings. The molecule has 1 aromatic carbocycles. The fraction of sp³-hybridized carbons (Fsp3) is 0.385. The number of hydrogen-bond donors (Lipinski definition) is 1. The zero-order valence-electron chi connectivity index (χ0n) is 20.5. The number of hydrogen-bond acceptors (Lipinski definition) is 8. The van der Waals surface area contributed by atoms with Gasteiger partial charge in [-0.1, -0.05) is 32.0 Å². The topological polar surface area (TPSA) is 85.9 Å². The van der Waals surface area contributed by atoms with E-state index in [1.54, 1.807) is 0 Å². The number of pyridine rings is 1. The van der Waals surface area contributed by atoms with Crippen molar-refractivity contribution < 1.29 is 5.11 Å². The predicted octanol–water partition coefficient (Wildman–Crippen LogP) is 3.19. The van der Waals surface area contributed by atoms with Gasteiger partial charge >= 0.3 is 0 Å². The van der Waals surface area contributed by atoms with Crippen molar-refractivity contribution in [3.63, 3.8) is 0 Å². The van der Waals surface area contributed by atoms with Gasteiger partial charge in [0, 0.05) is 62.8 Å². The molecule has 9 nitrogen and oxygen atoms in total. The average Bonchev–Trinajstić information content (AvgIpc) is 3.33. The van der Waals surface area contributed by atoms with Crippen molar-refractivity contribution in [3.8, 4) is 11.3 Å². The van der Waals surface area contributed by atoms with Crippen LogP contribution in [0.3, 0.4) is 0 Å². The number of nitrogens with zero attached hydrogens (tertiary/aromatic N) is 8. The van der Waals surface area contributed by atoms with Crippen LogP contribution in [0.25, 0.3) is 16.9 Å². The van der Waals surface area contributed by atoms with Crippen LogP contribution in [0.5, 0.6) is 0 Å². The molecule has 1 N–H and O–H groups in total. The van der Waals surface area contributed by atoms with Gasteiger partial charge in [-0.15, -0.1) is 0 Å². The van der Waals surface area contributed by atoms with E-state index in [4.69, 9.17) is 9.97 Å². The van der Waals surface area contributed by atoms with E-state index in [1.807, 2.05) is 42.2 Å². The van der Waals surface area contributed by atoms with E-state index in [2.05, 4.69) is 62.9 Å². The zero-order valence-corrected chi connectivity index (χ0v) is 20.5. The molecule has 0 atom stereocenters. The lowest BCUT2D eigenvalue weighted by Gasteiger charge is -2.34. The molecule has 3 aromatic heterocycles. The van der Waals surface area contributed by atoms with Crippen molar-refractivity contribution in [2.24, 2.45) is 0 Å². The molecule has 1 fully saturated rings. The molecule has 182 valence electrons. The lowest BCUT2D eigenvalue weighted by atomic mass is 10.1. The number of fused-ring (bicyclic) bond motifs is 1. The van der Waals surface area contributed by atoms with Crippen molar-refractivity contribution in [2.75, 3.05) is 56.2 Å². The molecule has 0 aliphatic carbocycles. The summed E-state index contributed by atoms with van der Waals surface area (Å²) >= 11 is 0. The number of piperazine rings is 1. The van der Waals surface area contributed by atoms with Crippen LogP contribution in [0.15, 0.2) is 54.9 Å². The third-order valence-electron chi connectivity index (χ3n) is 6.58. The number of aromatic nitrogens is 5. The highest BCUT2D eigenvalue weighted by Gasteiger charge is 2.23. The van der Waals surface area contributed by atoms with Gasteiger partial charge in [-0.25, -0.2) is 0 Å². The van der Waals surface area contributed by atoms with Crippen LogP contribution >= 0.6 is 0 Å². The maximum Gasteiger partial charge on any atom is 0.236 e. The van der Waals surface area contributed by atoms with Gasteiger partial charge in [0.05, 0.1) is 18.5 Å². The van der Waals surface area contributed by atoms with Crippen LogP contribution in [0.4, 0.5) is 17.6 Å². The summed E-state index contributed by atoms with van der Waals surface area (Å²) < 4.78 is 1.84. The van der Waals surface area contributed by atoms with E-state index in [-0.39, 0.29) is 6.61 Å². The minimum absolute atomic E-state index is 0.185. The molecule has 0 bridgehead atoms. The standard InChI is InChI=1S/C26H32N8O/c1-19(2)22-18-28-34-24(22)29-25(33-14-12-32(13-15-33)16-17-35)30-26(34)31(3)21-9-7-20(8-10-21)23-6-4-5-11-27-23/h4-11,18-19,35H,12-17H2,1-3H3. The molecule has 0 saturated carbocycles. The quantitative estimate of drug-likeness (QED) is 0.439. The summed E-state index contributed by atoms with van der Waals surface area (Å²) in [5.74, 6) is 1.74. The second kappa shape index (κ2) is 9.97. The molecule has 0 radical (unpaired) electrons. The molecule has 35 heavy (non-hydrogen) atoms. The normalized spacial score (nSPS) is 14.7. The molecule has 1 aliphatic rings. The highest BCUT2D eigenvalue weighted by atomic mass is 16.3. The molecular formula is C26H32N8O. The molecular weight excluding hydrogens is 440 g/mol. The van der Waals surface area contributed by atoms with Gasteiger partial charge in [0.2, 0.25) is 11.9 Å². The van der Waals surface area contributed by atoms with E-state index in [0.717, 1.165) is 66.2 Å². The predicted molar refractivity (Wildman–Crippen MR) is 138 cm³/mol. The van der Waals surface area contributed by atoms with Crippen molar-refractivity contribution in [3.05, 3.63) is 60.4 Å². The summed E-state index contributed by atoms with van der Waals surface area (Å²) in [5.41, 5.74) is 4.97. The highest BCUT2D eigenvalue weighted by Crippen LogP contribution is 2.29. The summed E-state index contributed by atoms with van der Waals surface area (Å²) in [6.07, 6.45) is 3.71. The van der Waals surface area contributed by atoms with Crippen LogP contribution in [0.1, 0.15) is 25.3 Å². The Balaban J connectivity index is 1.50. The summed E-state index contributed by atoms with van der Waals surface area (Å²) in [6, 6.07) is 14.3. The van der Waals surface area contributed by atoms with E-state index < -0.39 is 0 Å². The number of β-amino-alcohol motifs (C(OH)–C–C–N with tert-alkyl or cyclic N) is 1. The number of anilines is 3. The van der Waals surface area contributed by atoms with Crippen molar-refractivity contribution in [1.82, 2.24) is 29.5 Å². The van der Waals surface area contributed by atoms with Crippen LogP contribution in [-0.4, -0.2) is 81.0 Å². The maximum atomic E-state index is 9.27. The zero-order chi connectivity index (χ0) is 24.4. The van der Waals surface area contributed by atoms with Crippen LogP contribution in [-0.2, 0) is 0 Å². The summed E-state index contributed by atoms with van der Waals surface area (Å²) in [6.45, 7) is 8.61. The van der Waals surface area contributed by atoms with Gasteiger partial charge in [0.1, 0.15) is 0 Å². The number of aliphatic hydroxyl groups is 1. The highest BCUT2D eigenvalue weighted by molar-refractivity contribution is 5.67. The Morgan fingerprint density at radius 1 is 1.00 bits per heavy atom. The smallest absolute Gasteiger partial charge is 0.236 e. The summed E-state index contributed by atoms with van der Waals surface area (Å²) in [7, 11) is 2.01. The van der Waals surface area contributed by atoms with Crippen molar-refractivity contribution >= 4 is 23.2 Å². The Morgan fingerprint density at radius 2 is 1.77 bits per heavy atom. The molecule has 5 rings (SSSR count). The Hall–Kier alpha value is -3.56. The molecule has 0 unspecified atom stereocenters. The minimum atomic E-state index is 0.185. The van der Waals surface area contributed by atoms with Gasteiger partial charge in [-0.3, -0.25) is 9.88 Å². The van der Waals surface area contributed by atoms with Gasteiger partial charge in [0.25, 0.3) is 0 Å². The lowest BCUT2D eigenvalue weighted by molar-refractivity contribution is 0.188. The summed E-state index contributed by atoms with van der Waals surface area (Å²) in [5, 5.41) is 13.9. The third kappa shape index (κ3) is 4.69. The molecule has 4 heterocycles. The first-order chi connectivity index (χ1) is 17.0. The fourth-order valence-corrected chi connectivity index (χ4v) is 4.45. The average molecular weight is 473 g/mol. The van der Waals surface area contributed by atoms with Gasteiger partial charge in [-0.05, 0) is 30.2 Å². The van der Waals surface area contributed by atoms with Crippen LogP contribution < -0.4 is 9.80 Å². The maximum absolute atomic E-state index is 9.27. The Morgan fingerprint density at radius 3 is 2.43 bits per heavy atom. The minimum Gasteiger partial charge on any atom is -0.395 e. The van der Waals surface area contributed by atoms with Crippen LogP contribution in [0, 0.1) is 0 Å². The fourth-order valence-electron chi connectivity index (χ4n) is 4.45. The van der Waals surface area contributed by atoms with Crippen LogP contribution in [0.2, 0.25) is 0 Å². The Kier molecular flexibility index (Phi) is 6.61. The second-order valence-electron chi connectivity index (χ2n) is 9.19. The molecule has 9 heteroatoms. The molecule has 1 saturated heterocycles. The van der Waals surface area contributed by atoms with Crippen molar-refractivity contribution in [2.45, 2.75) is 19.8 Å². The Labute approximate surface area is 205 Å². The number of aliphatic hydroxyl groups excluding tert-OH is 1. The van der Waals surface area contributed by atoms with E-state index in [1.165, 1.54) is 0 Å². The first-order valence-electron chi connectivity index (χ1n) is 12.1. The number of rotatable bonds is 7. The first kappa shape index (κ1) is 23.2. The monoisotopic (exact) mass is 472 g/mol. The third-order valence-corrected chi connectivity index (χ3v) is 6.58. The molecule has 0 spiro atoms. The van der Waals surface area contributed by atoms with Crippen molar-refractivity contribution in [1.29, 1.82) is 0 Å². The van der Waals surface area contributed by atoms with E-state index in [9.17, 15) is 5.11 Å². The summed E-state index contributed by atoms with van der Waals surface area (Å²) in [4.78, 5) is 20.9. The van der Waals surface area contributed by atoms with E-state index >= 15 is 0 Å². The van der Waals surface area contributed by atoms with Gasteiger partial charge in [0.15, 0.2) is 5.65 Å². The number of benzene rings is 1. The van der Waals surface area contributed by atoms with E-state index in [0.29, 0.717) is 12.5 Å². The largest absolute Gasteiger partial charge is 0.395 e. The Bertz CT molecular complexity index is 1260. The van der Waals surface area contributed by atoms with Gasteiger partial charge < -0.3 is 14.9 Å². The first-order valence-corrected chi connectivity index (χ1v) is 12.1.